The van der Waals surface area contributed by atoms with Crippen LogP contribution in [0.25, 0.3) is 11.0 Å². The lowest BCUT2D eigenvalue weighted by atomic mass is 10.4. The molecule has 3 rings (SSSR count). The number of halogens is 1. The first-order valence-electron chi connectivity index (χ1n) is 5.15. The lowest BCUT2D eigenvalue weighted by Crippen LogP contribution is -1.94. The summed E-state index contributed by atoms with van der Waals surface area (Å²) >= 11 is 4.93. The van der Waals surface area contributed by atoms with Crippen molar-refractivity contribution >= 4 is 38.7 Å². The summed E-state index contributed by atoms with van der Waals surface area (Å²) in [4.78, 5) is 12.8. The second kappa shape index (κ2) is 4.36. The molecule has 3 aromatic heterocycles. The molecule has 3 aromatic rings. The van der Waals surface area contributed by atoms with Crippen LogP contribution in [-0.4, -0.2) is 29.3 Å². The molecule has 0 unspecified atom stereocenters. The highest BCUT2D eigenvalue weighted by atomic mass is 79.9. The maximum Gasteiger partial charge on any atom is 0.174 e. The third-order valence-electron chi connectivity index (χ3n) is 2.51. The van der Waals surface area contributed by atoms with Gasteiger partial charge >= 0.3 is 0 Å². The molecule has 0 saturated heterocycles. The molecular formula is C10H9BrN6S. The van der Waals surface area contributed by atoms with E-state index in [-0.39, 0.29) is 0 Å². The molecule has 0 atom stereocenters. The van der Waals surface area contributed by atoms with Crippen molar-refractivity contribution in [1.82, 2.24) is 29.3 Å². The summed E-state index contributed by atoms with van der Waals surface area (Å²) < 4.78 is 4.42. The first-order chi connectivity index (χ1) is 8.66. The molecule has 0 spiro atoms. The molecule has 0 bridgehead atoms. The van der Waals surface area contributed by atoms with Crippen LogP contribution in [-0.2, 0) is 14.1 Å². The Morgan fingerprint density at radius 2 is 2.06 bits per heavy atom. The molecular weight excluding hydrogens is 316 g/mol. The molecule has 0 radical (unpaired) electrons. The van der Waals surface area contributed by atoms with Crippen molar-refractivity contribution in [3.63, 3.8) is 0 Å². The van der Waals surface area contributed by atoms with E-state index in [4.69, 9.17) is 0 Å². The molecule has 18 heavy (non-hydrogen) atoms. The van der Waals surface area contributed by atoms with Gasteiger partial charge in [-0.1, -0.05) is 0 Å². The predicted molar refractivity (Wildman–Crippen MR) is 71.3 cm³/mol. The van der Waals surface area contributed by atoms with E-state index in [1.807, 2.05) is 24.9 Å². The van der Waals surface area contributed by atoms with Crippen LogP contribution < -0.4 is 0 Å². The zero-order valence-electron chi connectivity index (χ0n) is 9.70. The highest BCUT2D eigenvalue weighted by Crippen LogP contribution is 2.33. The monoisotopic (exact) mass is 324 g/mol. The Balaban J connectivity index is 2.15. The Labute approximate surface area is 116 Å². The first-order valence-corrected chi connectivity index (χ1v) is 6.76. The minimum absolute atomic E-state index is 0.748. The molecule has 0 N–H and O–H groups in total. The number of aryl methyl sites for hydroxylation is 2. The van der Waals surface area contributed by atoms with Gasteiger partial charge in [-0.2, -0.15) is 5.10 Å². The minimum Gasteiger partial charge on any atom is -0.329 e. The number of imidazole rings is 1. The smallest absolute Gasteiger partial charge is 0.174 e. The summed E-state index contributed by atoms with van der Waals surface area (Å²) in [5, 5.41) is 6.93. The van der Waals surface area contributed by atoms with Crippen LogP contribution in [0.2, 0.25) is 0 Å². The largest absolute Gasteiger partial charge is 0.329 e. The Morgan fingerprint density at radius 1 is 1.22 bits per heavy atom. The van der Waals surface area contributed by atoms with Gasteiger partial charge in [0.2, 0.25) is 0 Å². The molecule has 0 fully saturated rings. The average Bonchev–Trinajstić information content (AvgIpc) is 2.86. The van der Waals surface area contributed by atoms with E-state index in [2.05, 4.69) is 36.0 Å². The number of hydrogen-bond acceptors (Lipinski definition) is 5. The van der Waals surface area contributed by atoms with Gasteiger partial charge in [0, 0.05) is 26.5 Å². The summed E-state index contributed by atoms with van der Waals surface area (Å²) in [7, 11) is 3.81. The van der Waals surface area contributed by atoms with Crippen LogP contribution in [0, 0.1) is 0 Å². The van der Waals surface area contributed by atoms with E-state index < -0.39 is 0 Å². The van der Waals surface area contributed by atoms with Crippen LogP contribution >= 0.6 is 27.7 Å². The highest BCUT2D eigenvalue weighted by molar-refractivity contribution is 9.10. The fourth-order valence-electron chi connectivity index (χ4n) is 1.63. The van der Waals surface area contributed by atoms with E-state index in [1.54, 1.807) is 17.2 Å². The average molecular weight is 325 g/mol. The van der Waals surface area contributed by atoms with Gasteiger partial charge in [0.05, 0.1) is 5.39 Å². The molecule has 0 aromatic carbocycles. The van der Waals surface area contributed by atoms with Crippen molar-refractivity contribution in [2.75, 3.05) is 0 Å². The van der Waals surface area contributed by atoms with Crippen molar-refractivity contribution in [2.24, 2.45) is 14.1 Å². The lowest BCUT2D eigenvalue weighted by molar-refractivity contribution is 0.777. The summed E-state index contributed by atoms with van der Waals surface area (Å²) in [6.07, 6.45) is 5.21. The molecule has 0 amide bonds. The molecule has 8 heteroatoms. The van der Waals surface area contributed by atoms with Crippen LogP contribution in [0.4, 0.5) is 0 Å². The van der Waals surface area contributed by atoms with Crippen LogP contribution in [0.3, 0.4) is 0 Å². The predicted octanol–water partition coefficient (Wildman–Crippen LogP) is 2.01. The molecule has 3 heterocycles. The second-order valence-electron chi connectivity index (χ2n) is 3.71. The first kappa shape index (κ1) is 11.7. The maximum atomic E-state index is 4.31. The van der Waals surface area contributed by atoms with E-state index in [9.17, 15) is 0 Å². The number of rotatable bonds is 2. The lowest BCUT2D eigenvalue weighted by Gasteiger charge is -2.02. The van der Waals surface area contributed by atoms with Gasteiger partial charge in [-0.15, -0.1) is 0 Å². The van der Waals surface area contributed by atoms with Gasteiger partial charge in [0.15, 0.2) is 10.8 Å². The van der Waals surface area contributed by atoms with E-state index in [0.29, 0.717) is 0 Å². The summed E-state index contributed by atoms with van der Waals surface area (Å²) in [6, 6.07) is 0. The van der Waals surface area contributed by atoms with E-state index in [0.717, 1.165) is 25.8 Å². The minimum atomic E-state index is 0.748. The summed E-state index contributed by atoms with van der Waals surface area (Å²) in [6.45, 7) is 0. The number of aromatic nitrogens is 6. The van der Waals surface area contributed by atoms with Gasteiger partial charge in [0.25, 0.3) is 0 Å². The zero-order valence-corrected chi connectivity index (χ0v) is 12.1. The van der Waals surface area contributed by atoms with E-state index in [1.165, 1.54) is 11.8 Å². The van der Waals surface area contributed by atoms with Crippen molar-refractivity contribution in [1.29, 1.82) is 0 Å². The Hall–Kier alpha value is -1.41. The van der Waals surface area contributed by atoms with E-state index >= 15 is 0 Å². The summed E-state index contributed by atoms with van der Waals surface area (Å²) in [5.74, 6) is 0. The van der Waals surface area contributed by atoms with Gasteiger partial charge < -0.3 is 4.57 Å². The third kappa shape index (κ3) is 1.81. The Morgan fingerprint density at radius 3 is 2.78 bits per heavy atom. The maximum absolute atomic E-state index is 4.31. The molecule has 0 aliphatic heterocycles. The Kier molecular flexibility index (Phi) is 2.83. The third-order valence-corrected chi connectivity index (χ3v) is 4.14. The number of fused-ring (bicyclic) bond motifs is 1. The van der Waals surface area contributed by atoms with Crippen molar-refractivity contribution in [3.8, 4) is 0 Å². The van der Waals surface area contributed by atoms with Gasteiger partial charge in [-0.05, 0) is 27.7 Å². The quantitative estimate of drug-likeness (QED) is 0.675. The molecule has 0 aliphatic rings. The fourth-order valence-corrected chi connectivity index (χ4v) is 3.25. The Bertz CT molecular complexity index is 718. The molecule has 0 aliphatic carbocycles. The van der Waals surface area contributed by atoms with Crippen molar-refractivity contribution in [3.05, 3.63) is 23.3 Å². The van der Waals surface area contributed by atoms with Crippen LogP contribution in [0.15, 0.2) is 33.5 Å². The van der Waals surface area contributed by atoms with Crippen LogP contribution in [0.1, 0.15) is 0 Å². The summed E-state index contributed by atoms with van der Waals surface area (Å²) in [5.41, 5.74) is 0.800. The van der Waals surface area contributed by atoms with Gasteiger partial charge in [0.1, 0.15) is 16.0 Å². The molecule has 92 valence electrons. The van der Waals surface area contributed by atoms with Crippen molar-refractivity contribution in [2.45, 2.75) is 10.2 Å². The number of hydrogen-bond donors (Lipinski definition) is 0. The SMILES string of the molecule is Cn1ccnc1Sc1ncnc2c1c(Br)nn2C. The number of nitrogens with zero attached hydrogens (tertiary/aromatic N) is 6. The molecule has 6 nitrogen and oxygen atoms in total. The molecule has 0 saturated carbocycles. The highest BCUT2D eigenvalue weighted by Gasteiger charge is 2.15. The standard InChI is InChI=1S/C10H9BrN6S/c1-16-4-3-12-10(16)18-9-6-7(11)15-17(2)8(6)13-5-14-9/h3-5H,1-2H3. The fraction of sp³-hybridized carbons (Fsp3) is 0.200. The van der Waals surface area contributed by atoms with Gasteiger partial charge in [-0.3, -0.25) is 0 Å². The van der Waals surface area contributed by atoms with Crippen molar-refractivity contribution < 1.29 is 0 Å². The normalized spacial score (nSPS) is 11.3. The van der Waals surface area contributed by atoms with Crippen LogP contribution in [0.5, 0.6) is 0 Å². The zero-order chi connectivity index (χ0) is 12.7. The van der Waals surface area contributed by atoms with Gasteiger partial charge in [-0.25, -0.2) is 19.6 Å². The second-order valence-corrected chi connectivity index (χ2v) is 5.42. The topological polar surface area (TPSA) is 61.4 Å².